The molecule has 0 aromatic heterocycles. The van der Waals surface area contributed by atoms with Crippen LogP contribution in [-0.2, 0) is 19.1 Å². The van der Waals surface area contributed by atoms with E-state index in [0.29, 0.717) is 6.42 Å². The monoisotopic (exact) mass is 496 g/mol. The number of hydrogen-bond donors (Lipinski definition) is 0. The Morgan fingerprint density at radius 3 is 1.59 bits per heavy atom. The third kappa shape index (κ3) is 7.46. The fourth-order valence-electron chi connectivity index (χ4n) is 2.54. The molecule has 2 aromatic rings. The second-order valence-corrected chi connectivity index (χ2v) is 8.06. The van der Waals surface area contributed by atoms with Crippen LogP contribution in [0, 0.1) is 0 Å². The topological polar surface area (TPSA) is 52.6 Å². The summed E-state index contributed by atoms with van der Waals surface area (Å²) in [6.45, 7) is 3.65. The summed E-state index contributed by atoms with van der Waals surface area (Å²) in [4.78, 5) is 24.0. The van der Waals surface area contributed by atoms with E-state index >= 15 is 0 Å². The second-order valence-electron chi connectivity index (χ2n) is 6.23. The zero-order valence-electron chi connectivity index (χ0n) is 15.3. The lowest BCUT2D eigenvalue weighted by atomic mass is 10.1. The van der Waals surface area contributed by atoms with Gasteiger partial charge in [-0.05, 0) is 55.7 Å². The molecule has 2 aromatic carbocycles. The van der Waals surface area contributed by atoms with Gasteiger partial charge in [-0.3, -0.25) is 9.59 Å². The van der Waals surface area contributed by atoms with E-state index in [4.69, 9.17) is 9.47 Å². The maximum Gasteiger partial charge on any atom is 0.306 e. The van der Waals surface area contributed by atoms with Crippen LogP contribution in [0.5, 0.6) is 0 Å². The minimum atomic E-state index is -0.335. The van der Waals surface area contributed by atoms with Gasteiger partial charge in [0.05, 0.1) is 0 Å². The molecular formula is C21H22Br2O4. The number of ether oxygens (including phenoxy) is 2. The first kappa shape index (κ1) is 21.6. The van der Waals surface area contributed by atoms with Crippen molar-refractivity contribution in [1.29, 1.82) is 0 Å². The molecule has 0 fully saturated rings. The Labute approximate surface area is 176 Å². The molecule has 144 valence electrons. The molecule has 0 N–H and O–H groups in total. The van der Waals surface area contributed by atoms with E-state index in [-0.39, 0.29) is 37.0 Å². The Morgan fingerprint density at radius 2 is 1.22 bits per heavy atom. The summed E-state index contributed by atoms with van der Waals surface area (Å²) in [6.07, 6.45) is 0.0860. The average molecular weight is 498 g/mol. The van der Waals surface area contributed by atoms with Gasteiger partial charge < -0.3 is 9.47 Å². The van der Waals surface area contributed by atoms with Crippen LogP contribution in [0.2, 0.25) is 0 Å². The van der Waals surface area contributed by atoms with Gasteiger partial charge in [0.25, 0.3) is 0 Å². The van der Waals surface area contributed by atoms with Gasteiger partial charge in [0.1, 0.15) is 12.2 Å². The number of hydrogen-bond acceptors (Lipinski definition) is 4. The normalized spacial score (nSPS) is 12.9. The highest BCUT2D eigenvalue weighted by Crippen LogP contribution is 2.23. The summed E-state index contributed by atoms with van der Waals surface area (Å²) in [5.41, 5.74) is 1.83. The number of esters is 2. The summed E-state index contributed by atoms with van der Waals surface area (Å²) in [5.74, 6) is -0.648. The Kier molecular flexibility index (Phi) is 8.51. The van der Waals surface area contributed by atoms with Crippen molar-refractivity contribution in [2.45, 2.75) is 45.3 Å². The largest absolute Gasteiger partial charge is 0.458 e. The minimum Gasteiger partial charge on any atom is -0.458 e. The van der Waals surface area contributed by atoms with Crippen molar-refractivity contribution in [3.8, 4) is 0 Å². The van der Waals surface area contributed by atoms with Gasteiger partial charge in [0, 0.05) is 21.8 Å². The van der Waals surface area contributed by atoms with E-state index in [1.165, 1.54) is 0 Å². The van der Waals surface area contributed by atoms with E-state index in [0.717, 1.165) is 20.1 Å². The van der Waals surface area contributed by atoms with E-state index in [1.807, 2.05) is 62.4 Å². The first-order valence-corrected chi connectivity index (χ1v) is 10.3. The fraction of sp³-hybridized carbons (Fsp3) is 0.333. The number of rotatable bonds is 8. The molecule has 4 nitrogen and oxygen atoms in total. The predicted molar refractivity (Wildman–Crippen MR) is 111 cm³/mol. The highest BCUT2D eigenvalue weighted by atomic mass is 79.9. The SMILES string of the molecule is CC(OC(=O)CCCC(=O)OC(C)c1cccc(Br)c1)c1cccc(Br)c1. The third-order valence-electron chi connectivity index (χ3n) is 4.01. The predicted octanol–water partition coefficient (Wildman–Crippen LogP) is 6.29. The van der Waals surface area contributed by atoms with Crippen molar-refractivity contribution < 1.29 is 19.1 Å². The maximum absolute atomic E-state index is 12.0. The molecule has 0 aliphatic rings. The van der Waals surface area contributed by atoms with E-state index in [1.54, 1.807) is 0 Å². The van der Waals surface area contributed by atoms with Crippen molar-refractivity contribution >= 4 is 43.8 Å². The first-order valence-electron chi connectivity index (χ1n) is 8.75. The van der Waals surface area contributed by atoms with E-state index in [2.05, 4.69) is 31.9 Å². The van der Waals surface area contributed by atoms with Crippen LogP contribution in [-0.4, -0.2) is 11.9 Å². The van der Waals surface area contributed by atoms with Crippen molar-refractivity contribution in [2.75, 3.05) is 0 Å². The summed E-state index contributed by atoms with van der Waals surface area (Å²) < 4.78 is 12.7. The molecule has 2 unspecified atom stereocenters. The zero-order valence-corrected chi connectivity index (χ0v) is 18.5. The van der Waals surface area contributed by atoms with Crippen LogP contribution in [0.1, 0.15) is 56.4 Å². The van der Waals surface area contributed by atoms with Gasteiger partial charge in [0.15, 0.2) is 0 Å². The van der Waals surface area contributed by atoms with Crippen LogP contribution >= 0.6 is 31.9 Å². The number of carbonyl (C=O) groups excluding carboxylic acids is 2. The molecule has 6 heteroatoms. The lowest BCUT2D eigenvalue weighted by molar-refractivity contribution is -0.150. The molecular weight excluding hydrogens is 476 g/mol. The van der Waals surface area contributed by atoms with Gasteiger partial charge in [-0.15, -0.1) is 0 Å². The third-order valence-corrected chi connectivity index (χ3v) is 5.00. The standard InChI is InChI=1S/C21H22Br2O4/c1-14(16-6-3-8-18(22)12-16)26-20(24)10-5-11-21(25)27-15(2)17-7-4-9-19(23)13-17/h3-4,6-9,12-15H,5,10-11H2,1-2H3. The second kappa shape index (κ2) is 10.6. The zero-order chi connectivity index (χ0) is 19.8. The molecule has 0 radical (unpaired) electrons. The number of halogens is 2. The summed E-state index contributed by atoms with van der Waals surface area (Å²) >= 11 is 6.80. The molecule has 0 bridgehead atoms. The quantitative estimate of drug-likeness (QED) is 0.402. The lowest BCUT2D eigenvalue weighted by Gasteiger charge is -2.15. The smallest absolute Gasteiger partial charge is 0.306 e. The molecule has 0 amide bonds. The first-order chi connectivity index (χ1) is 12.8. The number of benzene rings is 2. The van der Waals surface area contributed by atoms with E-state index < -0.39 is 0 Å². The molecule has 0 saturated carbocycles. The van der Waals surface area contributed by atoms with E-state index in [9.17, 15) is 9.59 Å². The summed E-state index contributed by atoms with van der Waals surface area (Å²) in [5, 5.41) is 0. The van der Waals surface area contributed by atoms with Crippen LogP contribution in [0.3, 0.4) is 0 Å². The average Bonchev–Trinajstić information content (AvgIpc) is 2.61. The minimum absolute atomic E-state index is 0.179. The molecule has 0 aliphatic heterocycles. The van der Waals surface area contributed by atoms with Crippen molar-refractivity contribution in [2.24, 2.45) is 0 Å². The molecule has 0 spiro atoms. The van der Waals surface area contributed by atoms with Crippen LogP contribution in [0.4, 0.5) is 0 Å². The number of carbonyl (C=O) groups is 2. The summed E-state index contributed by atoms with van der Waals surface area (Å²) in [7, 11) is 0. The molecule has 0 aliphatic carbocycles. The molecule has 2 rings (SSSR count). The fourth-order valence-corrected chi connectivity index (χ4v) is 3.38. The van der Waals surface area contributed by atoms with Crippen molar-refractivity contribution in [3.05, 3.63) is 68.6 Å². The van der Waals surface area contributed by atoms with Crippen molar-refractivity contribution in [3.63, 3.8) is 0 Å². The van der Waals surface area contributed by atoms with Gasteiger partial charge in [0.2, 0.25) is 0 Å². The molecule has 27 heavy (non-hydrogen) atoms. The van der Waals surface area contributed by atoms with Gasteiger partial charge in [-0.1, -0.05) is 56.1 Å². The Morgan fingerprint density at radius 1 is 0.815 bits per heavy atom. The Hall–Kier alpha value is -1.66. The highest BCUT2D eigenvalue weighted by Gasteiger charge is 2.15. The highest BCUT2D eigenvalue weighted by molar-refractivity contribution is 9.10. The van der Waals surface area contributed by atoms with Crippen LogP contribution in [0.25, 0.3) is 0 Å². The lowest BCUT2D eigenvalue weighted by Crippen LogP contribution is -2.11. The maximum atomic E-state index is 12.0. The van der Waals surface area contributed by atoms with Crippen LogP contribution in [0.15, 0.2) is 57.5 Å². The molecule has 0 saturated heterocycles. The molecule has 2 atom stereocenters. The Balaban J connectivity index is 1.72. The van der Waals surface area contributed by atoms with Gasteiger partial charge >= 0.3 is 11.9 Å². The van der Waals surface area contributed by atoms with Crippen LogP contribution < -0.4 is 0 Å². The summed E-state index contributed by atoms with van der Waals surface area (Å²) in [6, 6.07) is 15.3. The molecule has 0 heterocycles. The van der Waals surface area contributed by atoms with Gasteiger partial charge in [-0.2, -0.15) is 0 Å². The Bertz CT molecular complexity index is 726. The van der Waals surface area contributed by atoms with Crippen molar-refractivity contribution in [1.82, 2.24) is 0 Å². The van der Waals surface area contributed by atoms with Gasteiger partial charge in [-0.25, -0.2) is 0 Å².